The van der Waals surface area contributed by atoms with Crippen molar-refractivity contribution in [2.45, 2.75) is 24.5 Å². The molecule has 0 aliphatic heterocycles. The van der Waals surface area contributed by atoms with Crippen molar-refractivity contribution in [3.05, 3.63) is 53.9 Å². The smallest absolute Gasteiger partial charge is 0.336 e. The zero-order valence-electron chi connectivity index (χ0n) is 17.3. The molecule has 1 aromatic carbocycles. The molecule has 1 atom stereocenters. The van der Waals surface area contributed by atoms with E-state index in [1.807, 2.05) is 43.0 Å². The fourth-order valence-electron chi connectivity index (χ4n) is 2.61. The van der Waals surface area contributed by atoms with Gasteiger partial charge >= 0.3 is 17.9 Å². The summed E-state index contributed by atoms with van der Waals surface area (Å²) in [6.45, 7) is 1.50. The average molecular weight is 437 g/mol. The molecular formula is C20H27N3O8. The van der Waals surface area contributed by atoms with Gasteiger partial charge in [-0.15, -0.1) is 0 Å². The maximum absolute atomic E-state index is 10.3. The zero-order valence-corrected chi connectivity index (χ0v) is 17.3. The third-order valence-corrected chi connectivity index (χ3v) is 4.15. The van der Waals surface area contributed by atoms with Gasteiger partial charge in [-0.2, -0.15) is 5.10 Å². The molecule has 0 saturated heterocycles. The van der Waals surface area contributed by atoms with E-state index in [2.05, 4.69) is 22.5 Å². The van der Waals surface area contributed by atoms with Gasteiger partial charge in [0.15, 0.2) is 5.60 Å². The van der Waals surface area contributed by atoms with E-state index in [1.165, 1.54) is 0 Å². The number of likely N-dealkylation sites (N-methyl/N-ethyl adjacent to an activating group) is 1. The number of carboxylic acid groups (broad SMARTS) is 3. The Hall–Kier alpha value is -3.28. The molecule has 2 rings (SSSR count). The number of aryl methyl sites for hydroxylation is 1. The Morgan fingerprint density at radius 2 is 1.68 bits per heavy atom. The van der Waals surface area contributed by atoms with E-state index in [9.17, 15) is 14.4 Å². The summed E-state index contributed by atoms with van der Waals surface area (Å²) in [5, 5.41) is 41.1. The van der Waals surface area contributed by atoms with Gasteiger partial charge in [-0.1, -0.05) is 30.3 Å². The predicted molar refractivity (Wildman–Crippen MR) is 108 cm³/mol. The summed E-state index contributed by atoms with van der Waals surface area (Å²) in [6, 6.07) is 12.2. The zero-order chi connectivity index (χ0) is 23.4. The molecule has 31 heavy (non-hydrogen) atoms. The normalized spacial score (nSPS) is 11.8. The van der Waals surface area contributed by atoms with Crippen molar-refractivity contribution in [1.29, 1.82) is 0 Å². The van der Waals surface area contributed by atoms with E-state index < -0.39 is 36.4 Å². The second kappa shape index (κ2) is 12.4. The second-order valence-electron chi connectivity index (χ2n) is 6.62. The lowest BCUT2D eigenvalue weighted by Gasteiger charge is -2.18. The lowest BCUT2D eigenvalue weighted by atomic mass is 9.96. The number of carbonyl (C=O) groups is 3. The van der Waals surface area contributed by atoms with Crippen molar-refractivity contribution in [2.24, 2.45) is 7.05 Å². The van der Waals surface area contributed by atoms with Crippen LogP contribution >= 0.6 is 0 Å². The molecule has 1 unspecified atom stereocenters. The highest BCUT2D eigenvalue weighted by Gasteiger charge is 2.40. The molecule has 0 radical (unpaired) electrons. The van der Waals surface area contributed by atoms with Crippen LogP contribution in [0.1, 0.15) is 30.2 Å². The number of nitrogens with zero attached hydrogens (tertiary/aromatic N) is 2. The monoisotopic (exact) mass is 437 g/mol. The number of aliphatic hydroxyl groups is 1. The van der Waals surface area contributed by atoms with Gasteiger partial charge in [0.25, 0.3) is 0 Å². The molecule has 0 fully saturated rings. The predicted octanol–water partition coefficient (Wildman–Crippen LogP) is 0.497. The molecule has 0 spiro atoms. The van der Waals surface area contributed by atoms with Crippen molar-refractivity contribution < 1.29 is 39.5 Å². The van der Waals surface area contributed by atoms with Crippen molar-refractivity contribution in [3.63, 3.8) is 0 Å². The van der Waals surface area contributed by atoms with Crippen molar-refractivity contribution in [3.8, 4) is 0 Å². The summed E-state index contributed by atoms with van der Waals surface area (Å²) in [4.78, 5) is 30.5. The molecule has 11 nitrogen and oxygen atoms in total. The van der Waals surface area contributed by atoms with E-state index in [0.717, 1.165) is 17.8 Å². The molecule has 0 aliphatic rings. The Bertz CT molecular complexity index is 837. The van der Waals surface area contributed by atoms with E-state index in [-0.39, 0.29) is 6.10 Å². The number of aromatic nitrogens is 2. The molecule has 0 amide bonds. The first-order valence-electron chi connectivity index (χ1n) is 9.29. The van der Waals surface area contributed by atoms with Crippen LogP contribution in [0.5, 0.6) is 0 Å². The standard InChI is InChI=1S/C14H19N3O.C6H8O7/c1-15-10-11-18-14(12-6-4-3-5-7-12)13-8-9-16-17(13)2;7-3(8)1-6(13,5(11)12)2-4(9)10/h3-9,14-15H,10-11H2,1-2H3;13H,1-2H2,(H,7,8)(H,9,10)(H,11,12). The van der Waals surface area contributed by atoms with E-state index in [1.54, 1.807) is 6.20 Å². The molecule has 170 valence electrons. The van der Waals surface area contributed by atoms with Crippen LogP contribution in [-0.2, 0) is 26.2 Å². The first-order chi connectivity index (χ1) is 14.6. The first kappa shape index (κ1) is 25.8. The van der Waals surface area contributed by atoms with Gasteiger partial charge in [-0.3, -0.25) is 14.3 Å². The van der Waals surface area contributed by atoms with Crippen LogP contribution in [0.2, 0.25) is 0 Å². The molecule has 1 aromatic heterocycles. The van der Waals surface area contributed by atoms with Crippen LogP contribution in [0, 0.1) is 0 Å². The largest absolute Gasteiger partial charge is 0.481 e. The number of nitrogens with one attached hydrogen (secondary N) is 1. The Balaban J connectivity index is 0.000000330. The highest BCUT2D eigenvalue weighted by atomic mass is 16.5. The fraction of sp³-hybridized carbons (Fsp3) is 0.400. The van der Waals surface area contributed by atoms with E-state index in [4.69, 9.17) is 25.2 Å². The molecule has 0 aliphatic carbocycles. The summed E-state index contributed by atoms with van der Waals surface area (Å²) in [5.74, 6) is -5.02. The van der Waals surface area contributed by atoms with Crippen LogP contribution in [-0.4, -0.2) is 73.9 Å². The average Bonchev–Trinajstić information content (AvgIpc) is 3.11. The Morgan fingerprint density at radius 3 is 2.10 bits per heavy atom. The second-order valence-corrected chi connectivity index (χ2v) is 6.62. The lowest BCUT2D eigenvalue weighted by Crippen LogP contribution is -2.42. The van der Waals surface area contributed by atoms with E-state index in [0.29, 0.717) is 6.61 Å². The van der Waals surface area contributed by atoms with Crippen molar-refractivity contribution in [1.82, 2.24) is 15.1 Å². The minimum absolute atomic E-state index is 0.0629. The number of aliphatic carboxylic acids is 3. The number of rotatable bonds is 11. The quantitative estimate of drug-likeness (QED) is 0.312. The Kier molecular flexibility index (Phi) is 10.3. The summed E-state index contributed by atoms with van der Waals surface area (Å²) >= 11 is 0. The van der Waals surface area contributed by atoms with Crippen LogP contribution in [0.4, 0.5) is 0 Å². The van der Waals surface area contributed by atoms with Gasteiger partial charge in [0.05, 0.1) is 25.1 Å². The Morgan fingerprint density at radius 1 is 1.10 bits per heavy atom. The van der Waals surface area contributed by atoms with Crippen molar-refractivity contribution in [2.75, 3.05) is 20.2 Å². The third-order valence-electron chi connectivity index (χ3n) is 4.15. The lowest BCUT2D eigenvalue weighted by molar-refractivity contribution is -0.170. The van der Waals surface area contributed by atoms with Gasteiger partial charge in [0.2, 0.25) is 0 Å². The number of benzene rings is 1. The number of hydrogen-bond donors (Lipinski definition) is 5. The van der Waals surface area contributed by atoms with Gasteiger partial charge < -0.3 is 30.5 Å². The SMILES string of the molecule is CNCCOC(c1ccccc1)c1ccnn1C.O=C(O)CC(O)(CC(=O)O)C(=O)O. The van der Waals surface area contributed by atoms with Crippen LogP contribution < -0.4 is 5.32 Å². The highest BCUT2D eigenvalue weighted by Crippen LogP contribution is 2.25. The molecular weight excluding hydrogens is 410 g/mol. The maximum Gasteiger partial charge on any atom is 0.336 e. The molecule has 0 bridgehead atoms. The minimum Gasteiger partial charge on any atom is -0.481 e. The van der Waals surface area contributed by atoms with Crippen LogP contribution in [0.25, 0.3) is 0 Å². The van der Waals surface area contributed by atoms with Gasteiger partial charge in [-0.05, 0) is 18.7 Å². The highest BCUT2D eigenvalue weighted by molar-refractivity contribution is 5.88. The summed E-state index contributed by atoms with van der Waals surface area (Å²) in [7, 11) is 3.86. The van der Waals surface area contributed by atoms with Crippen molar-refractivity contribution >= 4 is 17.9 Å². The summed E-state index contributed by atoms with van der Waals surface area (Å²) in [6.07, 6.45) is -0.553. The maximum atomic E-state index is 10.3. The number of hydrogen-bond acceptors (Lipinski definition) is 7. The topological polar surface area (TPSA) is 171 Å². The van der Waals surface area contributed by atoms with Crippen LogP contribution in [0.15, 0.2) is 42.6 Å². The first-order valence-corrected chi connectivity index (χ1v) is 9.29. The van der Waals surface area contributed by atoms with Gasteiger partial charge in [0, 0.05) is 19.8 Å². The molecule has 11 heteroatoms. The summed E-state index contributed by atoms with van der Waals surface area (Å²) < 4.78 is 7.83. The van der Waals surface area contributed by atoms with Gasteiger partial charge in [-0.25, -0.2) is 4.79 Å². The minimum atomic E-state index is -2.74. The summed E-state index contributed by atoms with van der Waals surface area (Å²) in [5.41, 5.74) is -0.521. The molecule has 5 N–H and O–H groups in total. The number of carboxylic acids is 3. The molecule has 1 heterocycles. The van der Waals surface area contributed by atoms with Gasteiger partial charge in [0.1, 0.15) is 6.10 Å². The van der Waals surface area contributed by atoms with Crippen LogP contribution in [0.3, 0.4) is 0 Å². The third kappa shape index (κ3) is 8.54. The molecule has 2 aromatic rings. The fourth-order valence-corrected chi connectivity index (χ4v) is 2.61. The number of ether oxygens (including phenoxy) is 1. The molecule has 0 saturated carbocycles. The van der Waals surface area contributed by atoms with E-state index >= 15 is 0 Å². The Labute approximate surface area is 178 Å².